The van der Waals surface area contributed by atoms with Gasteiger partial charge in [0.05, 0.1) is 7.11 Å². The van der Waals surface area contributed by atoms with Gasteiger partial charge in [-0.05, 0) is 6.07 Å². The number of carbonyl (C=O) groups excluding carboxylic acids is 1. The Morgan fingerprint density at radius 1 is 1.20 bits per heavy atom. The largest absolute Gasteiger partial charge is 0.574 e. The number of methoxy groups -OCH3 is 1. The average molecular weight is 305 g/mol. The number of carbonyl (C=O) groups is 1. The zero-order valence-electron chi connectivity index (χ0n) is 9.48. The molecule has 5 nitrogen and oxygen atoms in total. The molecule has 1 aromatic rings. The lowest BCUT2D eigenvalue weighted by Gasteiger charge is -2.13. The molecule has 0 spiro atoms. The van der Waals surface area contributed by atoms with Gasteiger partial charge in [0.1, 0.15) is 11.1 Å². The third kappa shape index (κ3) is 3.65. The summed E-state index contributed by atoms with van der Waals surface area (Å²) < 4.78 is 80.7. The minimum absolute atomic E-state index is 0.0776. The van der Waals surface area contributed by atoms with Crippen LogP contribution >= 0.6 is 0 Å². The molecule has 112 valence electrons. The van der Waals surface area contributed by atoms with Crippen molar-refractivity contribution in [2.24, 2.45) is 0 Å². The summed E-state index contributed by atoms with van der Waals surface area (Å²) in [5.41, 5.74) is -4.95. The van der Waals surface area contributed by atoms with Crippen molar-refractivity contribution in [1.29, 1.82) is 0 Å². The minimum atomic E-state index is -5.31. The van der Waals surface area contributed by atoms with E-state index in [2.05, 4.69) is 9.47 Å². The number of halogens is 6. The second-order valence-corrected chi connectivity index (χ2v) is 3.29. The standard InChI is InChI=1S/C9H5F6NO4/c1-19-7(18)3-2-4(8(10,11)12)5(17)16-6(3)20-9(13,14)15/h2H,1H3,(H,16,17). The Kier molecular flexibility index (Phi) is 4.01. The highest BCUT2D eigenvalue weighted by atomic mass is 19.4. The van der Waals surface area contributed by atoms with Gasteiger partial charge >= 0.3 is 18.5 Å². The van der Waals surface area contributed by atoms with Crippen molar-refractivity contribution in [3.63, 3.8) is 0 Å². The predicted molar refractivity (Wildman–Crippen MR) is 50.1 cm³/mol. The van der Waals surface area contributed by atoms with E-state index in [0.29, 0.717) is 0 Å². The smallest absolute Gasteiger partial charge is 0.465 e. The Bertz CT molecular complexity index is 573. The fourth-order valence-corrected chi connectivity index (χ4v) is 1.18. The molecule has 0 aliphatic carbocycles. The van der Waals surface area contributed by atoms with Crippen molar-refractivity contribution >= 4 is 5.97 Å². The first-order valence-corrected chi connectivity index (χ1v) is 4.64. The van der Waals surface area contributed by atoms with E-state index in [4.69, 9.17) is 0 Å². The van der Waals surface area contributed by atoms with Crippen molar-refractivity contribution in [2.45, 2.75) is 12.5 Å². The van der Waals surface area contributed by atoms with Crippen LogP contribution in [0.15, 0.2) is 10.9 Å². The summed E-state index contributed by atoms with van der Waals surface area (Å²) in [5.74, 6) is -3.02. The molecule has 0 aliphatic rings. The summed E-state index contributed by atoms with van der Waals surface area (Å²) in [6.07, 6.45) is -10.5. The molecule has 1 heterocycles. The molecule has 1 rings (SSSR count). The van der Waals surface area contributed by atoms with Crippen LogP contribution < -0.4 is 10.3 Å². The van der Waals surface area contributed by atoms with Crippen LogP contribution in [0.3, 0.4) is 0 Å². The number of alkyl halides is 6. The number of hydrogen-bond acceptors (Lipinski definition) is 4. The molecule has 0 aliphatic heterocycles. The molecular formula is C9H5F6NO4. The van der Waals surface area contributed by atoms with Gasteiger partial charge in [0.15, 0.2) is 0 Å². The van der Waals surface area contributed by atoms with Gasteiger partial charge < -0.3 is 9.47 Å². The SMILES string of the molecule is COC(=O)c1cc(C(F)(F)F)c(=O)[nH]c1OC(F)(F)F. The van der Waals surface area contributed by atoms with Gasteiger partial charge in [0.2, 0.25) is 5.88 Å². The molecule has 1 aromatic heterocycles. The second-order valence-electron chi connectivity index (χ2n) is 3.29. The van der Waals surface area contributed by atoms with Crippen molar-refractivity contribution in [3.05, 3.63) is 27.5 Å². The molecule has 20 heavy (non-hydrogen) atoms. The lowest BCUT2D eigenvalue weighted by atomic mass is 10.2. The molecule has 0 amide bonds. The second kappa shape index (κ2) is 5.06. The first kappa shape index (κ1) is 15.9. The molecule has 11 heteroatoms. The lowest BCUT2D eigenvalue weighted by Crippen LogP contribution is -2.27. The fourth-order valence-electron chi connectivity index (χ4n) is 1.18. The van der Waals surface area contributed by atoms with E-state index in [-0.39, 0.29) is 6.07 Å². The number of ether oxygens (including phenoxy) is 2. The van der Waals surface area contributed by atoms with Crippen molar-refractivity contribution in [2.75, 3.05) is 7.11 Å². The monoisotopic (exact) mass is 305 g/mol. The van der Waals surface area contributed by atoms with Crippen LogP contribution in [0.25, 0.3) is 0 Å². The number of aromatic amines is 1. The number of esters is 1. The number of aromatic nitrogens is 1. The van der Waals surface area contributed by atoms with E-state index in [1.807, 2.05) is 0 Å². The summed E-state index contributed by atoms with van der Waals surface area (Å²) in [6, 6.07) is -0.0776. The highest BCUT2D eigenvalue weighted by molar-refractivity contribution is 5.92. The zero-order chi connectivity index (χ0) is 15.7. The number of rotatable bonds is 2. The summed E-state index contributed by atoms with van der Waals surface area (Å²) in [7, 11) is 0.734. The molecule has 1 N–H and O–H groups in total. The first-order chi connectivity index (χ1) is 8.95. The molecule has 0 radical (unpaired) electrons. The number of nitrogens with one attached hydrogen (secondary N) is 1. The molecule has 0 unspecified atom stereocenters. The van der Waals surface area contributed by atoms with Gasteiger partial charge in [-0.1, -0.05) is 0 Å². The van der Waals surface area contributed by atoms with Crippen LogP contribution in [0.4, 0.5) is 26.3 Å². The molecule has 0 atom stereocenters. The van der Waals surface area contributed by atoms with Crippen molar-refractivity contribution < 1.29 is 40.6 Å². The van der Waals surface area contributed by atoms with Gasteiger partial charge in [0.25, 0.3) is 5.56 Å². The van der Waals surface area contributed by atoms with E-state index < -0.39 is 41.1 Å². The van der Waals surface area contributed by atoms with Crippen LogP contribution in [0.5, 0.6) is 5.88 Å². The fraction of sp³-hybridized carbons (Fsp3) is 0.333. The number of hydrogen-bond donors (Lipinski definition) is 1. The molecule has 0 saturated heterocycles. The first-order valence-electron chi connectivity index (χ1n) is 4.64. The average Bonchev–Trinajstić information content (AvgIpc) is 2.24. The zero-order valence-corrected chi connectivity index (χ0v) is 9.48. The summed E-state index contributed by atoms with van der Waals surface area (Å²) in [6.45, 7) is 0. The van der Waals surface area contributed by atoms with E-state index in [1.165, 1.54) is 4.98 Å². The highest BCUT2D eigenvalue weighted by Gasteiger charge is 2.38. The predicted octanol–water partition coefficient (Wildman–Crippen LogP) is 2.08. The van der Waals surface area contributed by atoms with E-state index in [9.17, 15) is 35.9 Å². The van der Waals surface area contributed by atoms with E-state index >= 15 is 0 Å². The minimum Gasteiger partial charge on any atom is -0.465 e. The maximum Gasteiger partial charge on any atom is 0.574 e. The van der Waals surface area contributed by atoms with Gasteiger partial charge in [-0.3, -0.25) is 9.78 Å². The quantitative estimate of drug-likeness (QED) is 0.671. The molecule has 0 bridgehead atoms. The van der Waals surface area contributed by atoms with Crippen LogP contribution in [0, 0.1) is 0 Å². The van der Waals surface area contributed by atoms with Gasteiger partial charge in [-0.25, -0.2) is 4.79 Å². The van der Waals surface area contributed by atoms with Crippen LogP contribution in [0.2, 0.25) is 0 Å². The van der Waals surface area contributed by atoms with Gasteiger partial charge in [-0.15, -0.1) is 13.2 Å². The third-order valence-corrected chi connectivity index (χ3v) is 1.93. The van der Waals surface area contributed by atoms with E-state index in [1.54, 1.807) is 0 Å². The molecule has 0 saturated carbocycles. The molecule has 0 fully saturated rings. The normalized spacial score (nSPS) is 12.2. The molecular weight excluding hydrogens is 300 g/mol. The van der Waals surface area contributed by atoms with Crippen molar-refractivity contribution in [3.8, 4) is 5.88 Å². The summed E-state index contributed by atoms with van der Waals surface area (Å²) in [5, 5.41) is 0. The van der Waals surface area contributed by atoms with Gasteiger partial charge in [0, 0.05) is 0 Å². The van der Waals surface area contributed by atoms with Crippen LogP contribution in [0.1, 0.15) is 15.9 Å². The van der Waals surface area contributed by atoms with Crippen molar-refractivity contribution in [1.82, 2.24) is 4.98 Å². The Morgan fingerprint density at radius 2 is 1.75 bits per heavy atom. The van der Waals surface area contributed by atoms with Gasteiger partial charge in [-0.2, -0.15) is 13.2 Å². The summed E-state index contributed by atoms with van der Waals surface area (Å²) in [4.78, 5) is 23.4. The number of H-pyrrole nitrogens is 1. The number of pyridine rings is 1. The molecule has 0 aromatic carbocycles. The maximum absolute atomic E-state index is 12.4. The Labute approximate surface area is 106 Å². The topological polar surface area (TPSA) is 68.4 Å². The Balaban J connectivity index is 3.49. The highest BCUT2D eigenvalue weighted by Crippen LogP contribution is 2.30. The summed E-state index contributed by atoms with van der Waals surface area (Å²) >= 11 is 0. The Morgan fingerprint density at radius 3 is 2.15 bits per heavy atom. The van der Waals surface area contributed by atoms with Crippen LogP contribution in [-0.2, 0) is 10.9 Å². The third-order valence-electron chi connectivity index (χ3n) is 1.93. The Hall–Kier alpha value is -2.20. The van der Waals surface area contributed by atoms with E-state index in [0.717, 1.165) is 7.11 Å². The lowest BCUT2D eigenvalue weighted by molar-refractivity contribution is -0.276. The maximum atomic E-state index is 12.4. The van der Waals surface area contributed by atoms with Crippen LogP contribution in [-0.4, -0.2) is 24.4 Å².